The number of hydrogen-bond acceptors (Lipinski definition) is 5. The molecule has 9 nitrogen and oxygen atoms in total. The van der Waals surface area contributed by atoms with E-state index in [1.807, 2.05) is 35.2 Å². The highest BCUT2D eigenvalue weighted by Gasteiger charge is 2.23. The minimum atomic E-state index is -0.439. The van der Waals surface area contributed by atoms with E-state index in [2.05, 4.69) is 20.4 Å². The zero-order valence-corrected chi connectivity index (χ0v) is 13.8. The van der Waals surface area contributed by atoms with Crippen molar-refractivity contribution >= 4 is 11.5 Å². The van der Waals surface area contributed by atoms with Crippen LogP contribution in [-0.4, -0.2) is 40.3 Å². The maximum Gasteiger partial charge on any atom is 0.325 e. The lowest BCUT2D eigenvalue weighted by molar-refractivity contribution is 0.450. The summed E-state index contributed by atoms with van der Waals surface area (Å²) in [6.07, 6.45) is 8.20. The summed E-state index contributed by atoms with van der Waals surface area (Å²) in [4.78, 5) is 21.0. The molecule has 0 amide bonds. The van der Waals surface area contributed by atoms with Gasteiger partial charge in [-0.05, 0) is 25.0 Å². The van der Waals surface area contributed by atoms with Crippen LogP contribution in [0.4, 0.5) is 5.82 Å². The molecule has 4 heterocycles. The molecular weight excluding hydrogens is 334 g/mol. The first-order valence-electron chi connectivity index (χ1n) is 8.45. The van der Waals surface area contributed by atoms with Crippen molar-refractivity contribution in [1.82, 2.24) is 29.1 Å². The predicted molar refractivity (Wildman–Crippen MR) is 94.8 cm³/mol. The van der Waals surface area contributed by atoms with Gasteiger partial charge < -0.3 is 20.0 Å². The highest BCUT2D eigenvalue weighted by molar-refractivity contribution is 5.58. The molecule has 0 unspecified atom stereocenters. The van der Waals surface area contributed by atoms with Crippen LogP contribution in [0.15, 0.2) is 41.6 Å². The number of anilines is 1. The monoisotopic (exact) mass is 351 g/mol. The van der Waals surface area contributed by atoms with E-state index in [0.717, 1.165) is 30.0 Å². The van der Waals surface area contributed by atoms with Gasteiger partial charge in [-0.2, -0.15) is 9.61 Å². The predicted octanol–water partition coefficient (Wildman–Crippen LogP) is 1.41. The first-order chi connectivity index (χ1) is 12.7. The Morgan fingerprint density at radius 1 is 1.27 bits per heavy atom. The molecule has 4 N–H and O–H groups in total. The molecule has 0 spiro atoms. The summed E-state index contributed by atoms with van der Waals surface area (Å²) < 4.78 is 3.70. The highest BCUT2D eigenvalue weighted by atomic mass is 16.3. The molecule has 4 aromatic heterocycles. The van der Waals surface area contributed by atoms with E-state index in [9.17, 15) is 9.90 Å². The Kier molecular flexibility index (Phi) is 3.14. The molecular formula is C17H17N7O2. The van der Waals surface area contributed by atoms with Crippen LogP contribution in [0.2, 0.25) is 0 Å². The zero-order chi connectivity index (χ0) is 17.7. The Morgan fingerprint density at radius 2 is 2.08 bits per heavy atom. The molecule has 132 valence electrons. The van der Waals surface area contributed by atoms with Crippen LogP contribution in [0, 0.1) is 0 Å². The van der Waals surface area contributed by atoms with Crippen LogP contribution in [0.1, 0.15) is 24.1 Å². The Bertz CT molecular complexity index is 1130. The Hall–Kier alpha value is -3.49. The molecule has 0 saturated heterocycles. The Balaban J connectivity index is 1.63. The molecule has 0 atom stereocenters. The van der Waals surface area contributed by atoms with Crippen molar-refractivity contribution in [2.45, 2.75) is 25.3 Å². The molecule has 0 bridgehead atoms. The van der Waals surface area contributed by atoms with Crippen molar-refractivity contribution in [2.75, 3.05) is 5.32 Å². The van der Waals surface area contributed by atoms with Gasteiger partial charge in [0.25, 0.3) is 0 Å². The number of fused-ring (bicyclic) bond motifs is 1. The zero-order valence-electron chi connectivity index (χ0n) is 13.8. The summed E-state index contributed by atoms with van der Waals surface area (Å²) in [7, 11) is 0. The first kappa shape index (κ1) is 14.8. The molecule has 0 radical (unpaired) electrons. The van der Waals surface area contributed by atoms with Gasteiger partial charge in [0.15, 0.2) is 5.65 Å². The fraction of sp³-hybridized carbons (Fsp3) is 0.235. The van der Waals surface area contributed by atoms with E-state index in [4.69, 9.17) is 4.98 Å². The lowest BCUT2D eigenvalue weighted by Gasteiger charge is -2.11. The average molecular weight is 351 g/mol. The van der Waals surface area contributed by atoms with Crippen LogP contribution in [0.5, 0.6) is 5.88 Å². The Labute approximate surface area is 147 Å². The number of aromatic hydroxyl groups is 1. The number of imidazole rings is 1. The number of H-pyrrole nitrogens is 2. The van der Waals surface area contributed by atoms with Crippen molar-refractivity contribution < 1.29 is 5.11 Å². The molecule has 0 aliphatic heterocycles. The second kappa shape index (κ2) is 5.51. The summed E-state index contributed by atoms with van der Waals surface area (Å²) in [5, 5.41) is 17.8. The molecule has 1 aliphatic rings. The number of aromatic nitrogens is 6. The van der Waals surface area contributed by atoms with Crippen LogP contribution in [0.25, 0.3) is 11.5 Å². The number of nitrogens with zero attached hydrogens (tertiary/aromatic N) is 4. The molecule has 26 heavy (non-hydrogen) atoms. The molecule has 1 aliphatic carbocycles. The van der Waals surface area contributed by atoms with Gasteiger partial charge in [0.2, 0.25) is 5.88 Å². The van der Waals surface area contributed by atoms with Gasteiger partial charge >= 0.3 is 5.69 Å². The van der Waals surface area contributed by atoms with E-state index in [-0.39, 0.29) is 5.88 Å². The SMILES string of the molecule is O=c1[nH]c(O)c(Cc2cnn3c(NC4CC4)cc(-n4cccc4)nc23)[nH]1. The van der Waals surface area contributed by atoms with E-state index in [1.54, 1.807) is 10.7 Å². The van der Waals surface area contributed by atoms with Crippen molar-refractivity contribution in [2.24, 2.45) is 0 Å². The third kappa shape index (κ3) is 2.53. The second-order valence-corrected chi connectivity index (χ2v) is 6.50. The number of hydrogen-bond donors (Lipinski definition) is 4. The van der Waals surface area contributed by atoms with Crippen LogP contribution in [0.3, 0.4) is 0 Å². The molecule has 1 saturated carbocycles. The minimum Gasteiger partial charge on any atom is -0.493 e. The molecule has 1 fully saturated rings. The number of aromatic amines is 2. The third-order valence-corrected chi connectivity index (χ3v) is 4.48. The van der Waals surface area contributed by atoms with Crippen LogP contribution >= 0.6 is 0 Å². The summed E-state index contributed by atoms with van der Waals surface area (Å²) in [5.41, 5.74) is 1.46. The standard InChI is InChI=1S/C17H17N7O2/c25-16-12(20-17(26)22-16)7-10-9-18-24-14(19-11-3-4-11)8-13(21-15(10)24)23-5-1-2-6-23/h1-2,5-6,8-9,11,19,25H,3-4,7H2,(H2,20,22,26). The van der Waals surface area contributed by atoms with E-state index in [0.29, 0.717) is 23.8 Å². The quantitative estimate of drug-likeness (QED) is 0.434. The molecule has 0 aromatic carbocycles. The molecule has 5 rings (SSSR count). The topological polar surface area (TPSA) is 116 Å². The summed E-state index contributed by atoms with van der Waals surface area (Å²) in [6, 6.07) is 6.33. The lowest BCUT2D eigenvalue weighted by Crippen LogP contribution is -2.10. The van der Waals surface area contributed by atoms with Gasteiger partial charge in [-0.15, -0.1) is 0 Å². The smallest absolute Gasteiger partial charge is 0.325 e. The van der Waals surface area contributed by atoms with Crippen LogP contribution < -0.4 is 11.0 Å². The minimum absolute atomic E-state index is 0.160. The number of nitrogens with one attached hydrogen (secondary N) is 3. The number of rotatable bonds is 5. The first-order valence-corrected chi connectivity index (χ1v) is 8.45. The van der Waals surface area contributed by atoms with Crippen molar-refractivity contribution in [1.29, 1.82) is 0 Å². The van der Waals surface area contributed by atoms with E-state index >= 15 is 0 Å². The summed E-state index contributed by atoms with van der Waals surface area (Å²) >= 11 is 0. The maximum atomic E-state index is 11.4. The summed E-state index contributed by atoms with van der Waals surface area (Å²) in [6.45, 7) is 0. The van der Waals surface area contributed by atoms with E-state index in [1.165, 1.54) is 0 Å². The second-order valence-electron chi connectivity index (χ2n) is 6.50. The normalized spacial score (nSPS) is 14.2. The summed E-state index contributed by atoms with van der Waals surface area (Å²) in [5.74, 6) is 1.49. The average Bonchev–Trinajstić information content (AvgIpc) is 3.01. The van der Waals surface area contributed by atoms with Crippen LogP contribution in [-0.2, 0) is 6.42 Å². The van der Waals surface area contributed by atoms with Crippen molar-refractivity contribution in [3.8, 4) is 11.7 Å². The highest BCUT2D eigenvalue weighted by Crippen LogP contribution is 2.27. The van der Waals surface area contributed by atoms with Gasteiger partial charge in [0.1, 0.15) is 11.6 Å². The van der Waals surface area contributed by atoms with Gasteiger partial charge in [0, 0.05) is 36.5 Å². The van der Waals surface area contributed by atoms with Gasteiger partial charge in [0.05, 0.1) is 11.9 Å². The molecule has 4 aromatic rings. The van der Waals surface area contributed by atoms with E-state index < -0.39 is 5.69 Å². The Morgan fingerprint density at radius 3 is 2.77 bits per heavy atom. The van der Waals surface area contributed by atoms with Crippen molar-refractivity contribution in [3.05, 3.63) is 58.5 Å². The lowest BCUT2D eigenvalue weighted by atomic mass is 10.2. The maximum absolute atomic E-state index is 11.4. The fourth-order valence-electron chi connectivity index (χ4n) is 3.01. The molecule has 9 heteroatoms. The fourth-order valence-corrected chi connectivity index (χ4v) is 3.01. The van der Waals surface area contributed by atoms with Gasteiger partial charge in [-0.1, -0.05) is 0 Å². The van der Waals surface area contributed by atoms with Gasteiger partial charge in [-0.25, -0.2) is 9.78 Å². The largest absolute Gasteiger partial charge is 0.493 e. The van der Waals surface area contributed by atoms with Crippen molar-refractivity contribution in [3.63, 3.8) is 0 Å². The third-order valence-electron chi connectivity index (χ3n) is 4.48. The van der Waals surface area contributed by atoms with Gasteiger partial charge in [-0.3, -0.25) is 4.98 Å².